The van der Waals surface area contributed by atoms with Crippen LogP contribution in [0.5, 0.6) is 0 Å². The normalized spacial score (nSPS) is 23.2. The summed E-state index contributed by atoms with van der Waals surface area (Å²) in [6.07, 6.45) is -1.59. The molecule has 1 fully saturated rings. The molecule has 5 nitrogen and oxygen atoms in total. The van der Waals surface area contributed by atoms with Crippen molar-refractivity contribution in [2.75, 3.05) is 0 Å². The maximum atomic E-state index is 10.9. The zero-order valence-electron chi connectivity index (χ0n) is 6.75. The maximum absolute atomic E-state index is 10.9. The Balaban J connectivity index is 2.95. The fraction of sp³-hybridized carbons (Fsp3) is 0.429. The molecule has 1 aliphatic rings. The molecule has 0 aromatic carbocycles. The van der Waals surface area contributed by atoms with E-state index in [1.165, 1.54) is 13.8 Å². The Morgan fingerprint density at radius 3 is 2.50 bits per heavy atom. The van der Waals surface area contributed by atoms with E-state index in [9.17, 15) is 9.59 Å². The topological polar surface area (TPSA) is 75.6 Å². The number of rotatable bonds is 1. The van der Waals surface area contributed by atoms with E-state index < -0.39 is 18.1 Å². The van der Waals surface area contributed by atoms with Crippen LogP contribution in [-0.2, 0) is 9.53 Å². The molecule has 5 heteroatoms. The average Bonchev–Trinajstić information content (AvgIpc) is 2.28. The minimum Gasteiger partial charge on any atom is -0.404 e. The van der Waals surface area contributed by atoms with Gasteiger partial charge < -0.3 is 9.84 Å². The lowest BCUT2D eigenvalue weighted by Gasteiger charge is -2.04. The van der Waals surface area contributed by atoms with Crippen molar-refractivity contribution in [1.82, 2.24) is 5.32 Å². The highest BCUT2D eigenvalue weighted by atomic mass is 16.6. The van der Waals surface area contributed by atoms with Gasteiger partial charge in [-0.15, -0.1) is 0 Å². The zero-order chi connectivity index (χ0) is 9.30. The van der Waals surface area contributed by atoms with Crippen molar-refractivity contribution >= 4 is 12.0 Å². The van der Waals surface area contributed by atoms with Gasteiger partial charge in [0.25, 0.3) is 5.91 Å². The molecular weight excluding hydrogens is 162 g/mol. The van der Waals surface area contributed by atoms with Crippen molar-refractivity contribution in [3.05, 3.63) is 11.3 Å². The Kier molecular flexibility index (Phi) is 2.14. The SMILES string of the molecule is C/C(=C1/OC(=O)NC1=O)C(C)O. The van der Waals surface area contributed by atoms with Crippen LogP contribution in [0.3, 0.4) is 0 Å². The quantitative estimate of drug-likeness (QED) is 0.540. The minimum atomic E-state index is -0.796. The van der Waals surface area contributed by atoms with Crippen LogP contribution in [0, 0.1) is 0 Å². The van der Waals surface area contributed by atoms with Crippen molar-refractivity contribution < 1.29 is 19.4 Å². The maximum Gasteiger partial charge on any atom is 0.419 e. The minimum absolute atomic E-state index is 0.102. The molecule has 0 spiro atoms. The van der Waals surface area contributed by atoms with Crippen LogP contribution in [-0.4, -0.2) is 23.2 Å². The van der Waals surface area contributed by atoms with Crippen LogP contribution >= 0.6 is 0 Å². The summed E-state index contributed by atoms with van der Waals surface area (Å²) in [7, 11) is 0. The molecular formula is C7H9NO4. The summed E-state index contributed by atoms with van der Waals surface area (Å²) in [4.78, 5) is 21.4. The Hall–Kier alpha value is -1.36. The number of amides is 2. The third-order valence-electron chi connectivity index (χ3n) is 1.60. The fourth-order valence-corrected chi connectivity index (χ4v) is 0.763. The summed E-state index contributed by atoms with van der Waals surface area (Å²) < 4.78 is 4.52. The van der Waals surface area contributed by atoms with Crippen LogP contribution in [0.25, 0.3) is 0 Å². The van der Waals surface area contributed by atoms with Crippen LogP contribution in [0.4, 0.5) is 4.79 Å². The molecule has 66 valence electrons. The largest absolute Gasteiger partial charge is 0.419 e. The van der Waals surface area contributed by atoms with Gasteiger partial charge in [0.15, 0.2) is 5.76 Å². The summed E-state index contributed by atoms with van der Waals surface area (Å²) in [6, 6.07) is 0. The predicted octanol–water partition coefficient (Wildman–Crippen LogP) is -0.0924. The molecule has 0 aliphatic carbocycles. The molecule has 12 heavy (non-hydrogen) atoms. The van der Waals surface area contributed by atoms with Gasteiger partial charge in [0.1, 0.15) is 0 Å². The van der Waals surface area contributed by atoms with E-state index >= 15 is 0 Å². The first kappa shape index (κ1) is 8.73. The highest BCUT2D eigenvalue weighted by molar-refractivity contribution is 6.07. The van der Waals surface area contributed by atoms with Crippen LogP contribution in [0.15, 0.2) is 11.3 Å². The van der Waals surface area contributed by atoms with Crippen molar-refractivity contribution in [2.24, 2.45) is 0 Å². The lowest BCUT2D eigenvalue weighted by Crippen LogP contribution is -2.19. The van der Waals surface area contributed by atoms with Crippen molar-refractivity contribution in [3.8, 4) is 0 Å². The number of hydrogen-bond acceptors (Lipinski definition) is 4. The van der Waals surface area contributed by atoms with Gasteiger partial charge in [0.05, 0.1) is 6.10 Å². The summed E-state index contributed by atoms with van der Waals surface area (Å²) in [5, 5.41) is 11.0. The second-order valence-corrected chi connectivity index (χ2v) is 2.53. The summed E-state index contributed by atoms with van der Waals surface area (Å²) in [5.74, 6) is -0.701. The van der Waals surface area contributed by atoms with E-state index in [4.69, 9.17) is 5.11 Å². The molecule has 1 aliphatic heterocycles. The van der Waals surface area contributed by atoms with Gasteiger partial charge in [0.2, 0.25) is 0 Å². The van der Waals surface area contributed by atoms with E-state index in [0.717, 1.165) is 0 Å². The molecule has 1 rings (SSSR count). The van der Waals surface area contributed by atoms with E-state index in [0.29, 0.717) is 5.57 Å². The molecule has 1 heterocycles. The van der Waals surface area contributed by atoms with Gasteiger partial charge in [-0.25, -0.2) is 4.79 Å². The Bertz CT molecular complexity index is 267. The summed E-state index contributed by atoms with van der Waals surface area (Å²) in [6.45, 7) is 3.01. The number of hydrogen-bond donors (Lipinski definition) is 2. The fourth-order valence-electron chi connectivity index (χ4n) is 0.763. The number of aliphatic hydroxyl groups is 1. The Labute approximate surface area is 69.0 Å². The number of cyclic esters (lactones) is 1. The molecule has 1 saturated heterocycles. The van der Waals surface area contributed by atoms with Crippen LogP contribution in [0.1, 0.15) is 13.8 Å². The highest BCUT2D eigenvalue weighted by Crippen LogP contribution is 2.14. The van der Waals surface area contributed by atoms with E-state index in [2.05, 4.69) is 4.74 Å². The first-order valence-corrected chi connectivity index (χ1v) is 3.44. The second kappa shape index (κ2) is 2.94. The average molecular weight is 171 g/mol. The molecule has 0 aromatic rings. The number of nitrogens with one attached hydrogen (secondary N) is 1. The van der Waals surface area contributed by atoms with E-state index in [-0.39, 0.29) is 5.76 Å². The van der Waals surface area contributed by atoms with Crippen LogP contribution < -0.4 is 5.32 Å². The first-order valence-electron chi connectivity index (χ1n) is 3.44. The predicted molar refractivity (Wildman–Crippen MR) is 39.0 cm³/mol. The smallest absolute Gasteiger partial charge is 0.404 e. The van der Waals surface area contributed by atoms with Gasteiger partial charge in [-0.3, -0.25) is 10.1 Å². The standard InChI is InChI=1S/C7H9NO4/c1-3(4(2)9)5-6(10)8-7(11)12-5/h4,9H,1-2H3,(H,8,10,11)/b5-3-. The van der Waals surface area contributed by atoms with Gasteiger partial charge in [-0.1, -0.05) is 0 Å². The number of alkyl carbamates (subject to hydrolysis) is 1. The van der Waals surface area contributed by atoms with Gasteiger partial charge in [0, 0.05) is 5.57 Å². The highest BCUT2D eigenvalue weighted by Gasteiger charge is 2.29. The van der Waals surface area contributed by atoms with Crippen molar-refractivity contribution in [3.63, 3.8) is 0 Å². The number of carbonyl (C=O) groups excluding carboxylic acids is 2. The number of imide groups is 1. The molecule has 1 unspecified atom stereocenters. The Morgan fingerprint density at radius 1 is 1.58 bits per heavy atom. The van der Waals surface area contributed by atoms with Gasteiger partial charge in [-0.05, 0) is 13.8 Å². The lowest BCUT2D eigenvalue weighted by molar-refractivity contribution is -0.116. The molecule has 0 aromatic heterocycles. The molecule has 0 radical (unpaired) electrons. The van der Waals surface area contributed by atoms with E-state index in [1.807, 2.05) is 5.32 Å². The number of ether oxygens (including phenoxy) is 1. The summed E-state index contributed by atoms with van der Waals surface area (Å²) >= 11 is 0. The Morgan fingerprint density at radius 2 is 2.17 bits per heavy atom. The third kappa shape index (κ3) is 1.45. The number of aliphatic hydroxyl groups excluding tert-OH is 1. The van der Waals surface area contributed by atoms with Gasteiger partial charge in [-0.2, -0.15) is 0 Å². The van der Waals surface area contributed by atoms with E-state index in [1.54, 1.807) is 0 Å². The summed E-state index contributed by atoms with van der Waals surface area (Å²) in [5.41, 5.74) is 0.346. The molecule has 0 saturated carbocycles. The van der Waals surface area contributed by atoms with Crippen molar-refractivity contribution in [2.45, 2.75) is 20.0 Å². The monoisotopic (exact) mass is 171 g/mol. The number of carbonyl (C=O) groups is 2. The third-order valence-corrected chi connectivity index (χ3v) is 1.60. The van der Waals surface area contributed by atoms with Crippen molar-refractivity contribution in [1.29, 1.82) is 0 Å². The lowest BCUT2D eigenvalue weighted by atomic mass is 10.1. The first-order chi connectivity index (χ1) is 5.52. The zero-order valence-corrected chi connectivity index (χ0v) is 6.75. The second-order valence-electron chi connectivity index (χ2n) is 2.53. The molecule has 1 atom stereocenters. The molecule has 0 bridgehead atoms. The molecule has 2 N–H and O–H groups in total. The molecule has 2 amide bonds. The van der Waals surface area contributed by atoms with Crippen LogP contribution in [0.2, 0.25) is 0 Å². The van der Waals surface area contributed by atoms with Gasteiger partial charge >= 0.3 is 6.09 Å².